The van der Waals surface area contributed by atoms with Crippen molar-refractivity contribution < 1.29 is 100 Å². The molecule has 3 aliphatic rings. The smallest absolute Gasteiger partial charge is 0.410 e. The van der Waals surface area contributed by atoms with Crippen LogP contribution in [0.5, 0.6) is 11.5 Å². The minimum atomic E-state index is -1.32. The summed E-state index contributed by atoms with van der Waals surface area (Å²) in [5.41, 5.74) is 3.72. The molecule has 13 rings (SSSR count). The zero-order valence-corrected chi connectivity index (χ0v) is 85.2. The fraction of sp³-hybridized carbons (Fsp3) is 0.445. The molecule has 3 N–H and O–H groups in total. The highest BCUT2D eigenvalue weighted by molar-refractivity contribution is 5.99. The predicted octanol–water partition coefficient (Wildman–Crippen LogP) is 13.9. The summed E-state index contributed by atoms with van der Waals surface area (Å²) in [5, 5.41) is 30.3. The Hall–Kier alpha value is -14.7. The lowest BCUT2D eigenvalue weighted by molar-refractivity contribution is -0.150. The second-order valence-corrected chi connectivity index (χ2v) is 41.6. The van der Waals surface area contributed by atoms with E-state index in [1.165, 1.54) is 63.8 Å². The van der Waals surface area contributed by atoms with Gasteiger partial charge in [0.2, 0.25) is 29.5 Å². The van der Waals surface area contributed by atoms with Gasteiger partial charge < -0.3 is 63.6 Å². The van der Waals surface area contributed by atoms with Crippen LogP contribution in [0.4, 0.5) is 9.59 Å². The van der Waals surface area contributed by atoms with Crippen molar-refractivity contribution in [3.63, 3.8) is 0 Å². The number of fused-ring (bicyclic) bond motifs is 5. The van der Waals surface area contributed by atoms with E-state index in [0.29, 0.717) is 39.6 Å². The first kappa shape index (κ1) is 107. The fourth-order valence-corrected chi connectivity index (χ4v) is 18.5. The van der Waals surface area contributed by atoms with Crippen LogP contribution in [0.1, 0.15) is 198 Å². The Kier molecular flexibility index (Phi) is 33.8. The van der Waals surface area contributed by atoms with Gasteiger partial charge in [-0.2, -0.15) is 0 Å². The van der Waals surface area contributed by atoms with E-state index in [1.54, 1.807) is 149 Å². The summed E-state index contributed by atoms with van der Waals surface area (Å²) >= 11 is 0. The summed E-state index contributed by atoms with van der Waals surface area (Å²) in [6.45, 7) is 23.4. The molecule has 2 aromatic heterocycles. The first-order chi connectivity index (χ1) is 68.2. The normalized spacial score (nSPS) is 16.9. The molecule has 2 aliphatic heterocycles. The number of likely N-dealkylation sites (N-methyl/N-ethyl adjacent to an activating group) is 2. The maximum absolute atomic E-state index is 15.9. The molecular weight excluding hydrogens is 1840 g/mol. The van der Waals surface area contributed by atoms with Crippen LogP contribution >= 0.6 is 0 Å². The van der Waals surface area contributed by atoms with Crippen molar-refractivity contribution in [3.8, 4) is 22.6 Å². The minimum absolute atomic E-state index is 0.0185. The van der Waals surface area contributed by atoms with E-state index in [2.05, 4.69) is 36.6 Å². The molecule has 0 radical (unpaired) electrons. The number of ketones is 2. The molecule has 1 unspecified atom stereocenters. The van der Waals surface area contributed by atoms with E-state index in [4.69, 9.17) is 37.9 Å². The first-order valence-corrected chi connectivity index (χ1v) is 48.5. The number of hydrogen-bond acceptors (Lipinski definition) is 25. The van der Waals surface area contributed by atoms with Crippen molar-refractivity contribution in [2.75, 3.05) is 55.1 Å². The van der Waals surface area contributed by atoms with Gasteiger partial charge in [0, 0.05) is 58.3 Å². The molecule has 34 nitrogen and oxygen atoms in total. The molecule has 0 saturated carbocycles. The van der Waals surface area contributed by atoms with E-state index >= 15 is 24.0 Å². The van der Waals surface area contributed by atoms with Crippen LogP contribution in [0.2, 0.25) is 0 Å². The zero-order valence-electron chi connectivity index (χ0n) is 85.2. The average Bonchev–Trinajstić information content (AvgIpc) is 1.61. The van der Waals surface area contributed by atoms with Gasteiger partial charge in [-0.15, -0.1) is 10.2 Å². The third-order valence-electron chi connectivity index (χ3n) is 26.7. The second-order valence-electron chi connectivity index (χ2n) is 41.6. The Morgan fingerprint density at radius 2 is 0.840 bits per heavy atom. The highest BCUT2D eigenvalue weighted by atomic mass is 16.6. The number of rotatable bonds is 38. The zero-order chi connectivity index (χ0) is 104. The van der Waals surface area contributed by atoms with Crippen molar-refractivity contribution in [3.05, 3.63) is 239 Å². The Balaban J connectivity index is 0.707. The van der Waals surface area contributed by atoms with Crippen LogP contribution in [0, 0.1) is 22.7 Å². The Labute approximate surface area is 838 Å². The molecule has 7 amide bonds. The van der Waals surface area contributed by atoms with Gasteiger partial charge in [0.1, 0.15) is 84.1 Å². The van der Waals surface area contributed by atoms with E-state index in [0.717, 1.165) is 59.2 Å². The van der Waals surface area contributed by atoms with Gasteiger partial charge in [0.25, 0.3) is 0 Å². The molecule has 12 atom stereocenters. The molecular formula is C110H131N13O21. The quantitative estimate of drug-likeness (QED) is 0.0239. The molecule has 762 valence electrons. The monoisotopic (exact) mass is 1970 g/mol. The average molecular weight is 1970 g/mol. The molecule has 0 bridgehead atoms. The van der Waals surface area contributed by atoms with E-state index < -0.39 is 178 Å². The molecule has 0 spiro atoms. The molecule has 10 aromatic rings. The van der Waals surface area contributed by atoms with Crippen LogP contribution in [-0.4, -0.2) is 235 Å². The summed E-state index contributed by atoms with van der Waals surface area (Å²) in [4.78, 5) is 193. The number of carbonyl (C=O) groups is 13. The summed E-state index contributed by atoms with van der Waals surface area (Å²) in [6, 6.07) is 46.3. The Bertz CT molecular complexity index is 6320. The summed E-state index contributed by atoms with van der Waals surface area (Å²) in [5.74, 6) is -9.41. The number of benzene rings is 8. The Morgan fingerprint density at radius 1 is 0.438 bits per heavy atom. The number of amides is 7. The third-order valence-corrected chi connectivity index (χ3v) is 26.7. The van der Waals surface area contributed by atoms with Gasteiger partial charge in [-0.1, -0.05) is 210 Å². The number of hydrogen-bond donors (Lipinski definition) is 3. The minimum Gasteiger partial charge on any atom is -0.487 e. The number of likely N-dealkylation sites (tertiary alicyclic amines) is 2. The molecule has 8 aromatic carbocycles. The lowest BCUT2D eigenvalue weighted by Gasteiger charge is -2.37. The number of ether oxygens (including phenoxy) is 8. The van der Waals surface area contributed by atoms with Gasteiger partial charge in [-0.25, -0.2) is 23.7 Å². The molecule has 2 saturated heterocycles. The van der Waals surface area contributed by atoms with Crippen LogP contribution < -0.4 is 25.4 Å². The second kappa shape index (κ2) is 45.7. The van der Waals surface area contributed by atoms with Gasteiger partial charge in [0.15, 0.2) is 11.6 Å². The van der Waals surface area contributed by atoms with Crippen LogP contribution in [0.15, 0.2) is 194 Å². The molecule has 34 heteroatoms. The summed E-state index contributed by atoms with van der Waals surface area (Å²) < 4.78 is 48.4. The van der Waals surface area contributed by atoms with E-state index in [1.807, 2.05) is 133 Å². The van der Waals surface area contributed by atoms with Crippen LogP contribution in [-0.2, 0) is 114 Å². The number of aromatic nitrogens is 6. The van der Waals surface area contributed by atoms with Crippen molar-refractivity contribution in [1.29, 1.82) is 0 Å². The highest BCUT2D eigenvalue weighted by Crippen LogP contribution is 2.46. The van der Waals surface area contributed by atoms with Gasteiger partial charge in [-0.3, -0.25) is 57.7 Å². The molecule has 2 fully saturated rings. The number of methoxy groups -OCH3 is 3. The number of carbonyl (C=O) groups excluding carboxylic acids is 13. The number of nitrogens with zero attached hydrogens (tertiary/aromatic N) is 10. The predicted molar refractivity (Wildman–Crippen MR) is 535 cm³/mol. The number of nitrogens with one attached hydrogen (secondary N) is 3. The molecule has 4 heterocycles. The molecule has 1 aliphatic carbocycles. The lowest BCUT2D eigenvalue weighted by atomic mass is 9.85. The van der Waals surface area contributed by atoms with Crippen molar-refractivity contribution in [2.24, 2.45) is 22.7 Å². The SMILES string of the molecule is COC(=O)[C@@H](CC(=O)[C@@H]1C[C@H](n2cc(COc3ccc(C[C@H](NC(=O)C(CC(=O)[C@@H]4C[C@H](n5cc(COc6ccc([C@H](CC(=O)OCC7c8ccccc8-c8ccccc87)C(=O)OC)cc6)nn5)CN4C(=O)[C@@H](NC(=O)[C@H](C)N(C)C(=O)OC(C)(C)C)C(C)(C)C)Cc4ccc5ccccc5c4)C(=O)OC)cc3)nn2)CN1C(=O)[C@@H](NC(=O)[C@H](C)N(C)C(=O)OC(C)(C)C)C(C)(C)C)Cc1ccc2ccccc2c1. The van der Waals surface area contributed by atoms with E-state index in [-0.39, 0.29) is 83.8 Å². The van der Waals surface area contributed by atoms with Gasteiger partial charge in [0.05, 0.1) is 76.1 Å². The van der Waals surface area contributed by atoms with Crippen molar-refractivity contribution >= 4 is 98.7 Å². The molecule has 144 heavy (non-hydrogen) atoms. The maximum atomic E-state index is 15.9. The van der Waals surface area contributed by atoms with Crippen molar-refractivity contribution in [1.82, 2.24) is 65.5 Å². The lowest BCUT2D eigenvalue weighted by Crippen LogP contribution is -2.59. The standard InChI is InChI=1S/C110H131N13O21/c1-65(118(15)105(135)143-109(9,10)11)97(127)112-95(107(3,4)5)100(130)120-60-79(122-59-78(115-117-122)63-141-82-46-42-72(43-47-82)87(103(133)138-18)57-94(126)142-64-88-85-34-26-24-32-83(85)84-33-25-27-35-86(84)88)55-90(120)92(124)53-75(50-68-36-40-70-28-20-22-30-73(70)48-68)99(129)111-89(104(134)139-19)52-67-38-44-81(45-39-67)140-62-77-58-123(116-114-77)80-56-91(93(125)54-76(102(132)137-17)51-69-37-41-71-29-21-23-31-74(71)49-69)121(61-80)101(131)96(108(6,7)8)113-98(128)66(2)119(16)106(136)144-110(12,13)14/h20-49,58-59,65-66,75-76,79-80,87-91,95-96H,50-57,60-64H2,1-19H3,(H,111,129)(H,112,127)(H,113,128)/t65-,66-,75?,76+,79-,80-,87-,89-,90-,91-,95+,96+/m0/s1. The number of esters is 4. The summed E-state index contributed by atoms with van der Waals surface area (Å²) in [7, 11) is 6.53. The van der Waals surface area contributed by atoms with Gasteiger partial charge in [-0.05, 0) is 182 Å². The first-order valence-electron chi connectivity index (χ1n) is 48.5. The van der Waals surface area contributed by atoms with Crippen LogP contribution in [0.25, 0.3) is 32.7 Å². The van der Waals surface area contributed by atoms with Gasteiger partial charge >= 0.3 is 36.1 Å². The maximum Gasteiger partial charge on any atom is 0.410 e. The number of Topliss-reactive ketones (excluding diaryl/α,β-unsaturated/α-hetero) is 2. The topological polar surface area (TPSA) is 406 Å². The van der Waals surface area contributed by atoms with Crippen molar-refractivity contribution in [2.45, 2.75) is 239 Å². The van der Waals surface area contributed by atoms with E-state index in [9.17, 15) is 38.4 Å². The highest BCUT2D eigenvalue weighted by Gasteiger charge is 2.50. The largest absolute Gasteiger partial charge is 0.487 e. The fourth-order valence-electron chi connectivity index (χ4n) is 18.5. The summed E-state index contributed by atoms with van der Waals surface area (Å²) in [6.07, 6.45) is 0.714. The third kappa shape index (κ3) is 26.6. The van der Waals surface area contributed by atoms with Crippen LogP contribution in [0.3, 0.4) is 0 Å². The Morgan fingerprint density at radius 3 is 1.27 bits per heavy atom.